The summed E-state index contributed by atoms with van der Waals surface area (Å²) in [5.41, 5.74) is 2.32. The molecule has 28 heavy (non-hydrogen) atoms. The second-order valence-electron chi connectivity index (χ2n) is 7.26. The molecule has 0 unspecified atom stereocenters. The molecule has 0 atom stereocenters. The van der Waals surface area contributed by atoms with Crippen molar-refractivity contribution in [3.63, 3.8) is 0 Å². The van der Waals surface area contributed by atoms with Gasteiger partial charge in [-0.15, -0.1) is 0 Å². The van der Waals surface area contributed by atoms with Crippen LogP contribution < -0.4 is 10.2 Å². The van der Waals surface area contributed by atoms with Gasteiger partial charge >= 0.3 is 0 Å². The molecule has 1 aromatic rings. The van der Waals surface area contributed by atoms with Gasteiger partial charge in [-0.1, -0.05) is 18.2 Å². The van der Waals surface area contributed by atoms with E-state index in [4.69, 9.17) is 4.99 Å². The average Bonchev–Trinajstić information content (AvgIpc) is 3.14. The number of para-hydroxylation sites is 1. The topological polar surface area (TPSA) is 68.2 Å². The van der Waals surface area contributed by atoms with E-state index >= 15 is 0 Å². The summed E-state index contributed by atoms with van der Waals surface area (Å²) < 4.78 is 0. The Morgan fingerprint density at radius 2 is 1.79 bits per heavy atom. The maximum atomic E-state index is 12.6. The molecule has 2 amide bonds. The first-order valence-corrected chi connectivity index (χ1v) is 10.3. The minimum atomic E-state index is 0.128. The van der Waals surface area contributed by atoms with Crippen molar-refractivity contribution in [3.05, 3.63) is 29.8 Å². The van der Waals surface area contributed by atoms with Crippen LogP contribution in [0.2, 0.25) is 0 Å². The molecule has 1 fully saturated rings. The van der Waals surface area contributed by atoms with Crippen molar-refractivity contribution in [2.75, 3.05) is 50.7 Å². The van der Waals surface area contributed by atoms with Gasteiger partial charge in [-0.05, 0) is 31.4 Å². The van der Waals surface area contributed by atoms with Crippen molar-refractivity contribution in [1.29, 1.82) is 0 Å². The number of hydrogen-bond donors (Lipinski definition) is 1. The third-order valence-electron chi connectivity index (χ3n) is 5.36. The molecule has 152 valence electrons. The summed E-state index contributed by atoms with van der Waals surface area (Å²) in [6.07, 6.45) is 2.19. The van der Waals surface area contributed by atoms with E-state index < -0.39 is 0 Å². The van der Waals surface area contributed by atoms with Gasteiger partial charge in [0.05, 0.1) is 0 Å². The highest BCUT2D eigenvalue weighted by Crippen LogP contribution is 2.28. The maximum absolute atomic E-state index is 12.6. The summed E-state index contributed by atoms with van der Waals surface area (Å²) in [5.74, 6) is 1.19. The van der Waals surface area contributed by atoms with Gasteiger partial charge in [0.2, 0.25) is 11.8 Å². The number of guanidine groups is 1. The lowest BCUT2D eigenvalue weighted by atomic mass is 10.2. The summed E-state index contributed by atoms with van der Waals surface area (Å²) in [5, 5.41) is 3.33. The van der Waals surface area contributed by atoms with Crippen molar-refractivity contribution in [2.45, 2.75) is 33.1 Å². The normalized spacial score (nSPS) is 16.9. The van der Waals surface area contributed by atoms with Gasteiger partial charge in [0.25, 0.3) is 0 Å². The first-order chi connectivity index (χ1) is 13.6. The fourth-order valence-electron chi connectivity index (χ4n) is 3.81. The van der Waals surface area contributed by atoms with E-state index in [1.54, 1.807) is 6.92 Å². The molecule has 0 spiro atoms. The third-order valence-corrected chi connectivity index (χ3v) is 5.36. The van der Waals surface area contributed by atoms with Gasteiger partial charge in [0.1, 0.15) is 0 Å². The van der Waals surface area contributed by atoms with Crippen molar-refractivity contribution in [2.24, 2.45) is 4.99 Å². The molecule has 2 heterocycles. The molecule has 0 radical (unpaired) electrons. The number of fused-ring (bicyclic) bond motifs is 1. The Morgan fingerprint density at radius 1 is 1.07 bits per heavy atom. The molecular formula is C21H31N5O2. The Morgan fingerprint density at radius 3 is 2.50 bits per heavy atom. The number of nitrogens with zero attached hydrogens (tertiary/aromatic N) is 4. The number of carbonyl (C=O) groups is 2. The van der Waals surface area contributed by atoms with Crippen molar-refractivity contribution < 1.29 is 9.59 Å². The van der Waals surface area contributed by atoms with Crippen molar-refractivity contribution in [3.8, 4) is 0 Å². The Kier molecular flexibility index (Phi) is 6.90. The van der Waals surface area contributed by atoms with Crippen molar-refractivity contribution >= 4 is 23.5 Å². The molecule has 0 bridgehead atoms. The maximum Gasteiger partial charge on any atom is 0.227 e. The molecule has 2 aliphatic rings. The predicted octanol–water partition coefficient (Wildman–Crippen LogP) is 1.49. The second kappa shape index (κ2) is 9.57. The molecule has 1 N–H and O–H groups in total. The fraction of sp³-hybridized carbons (Fsp3) is 0.571. The molecule has 1 saturated heterocycles. The Bertz CT molecular complexity index is 725. The van der Waals surface area contributed by atoms with Gasteiger partial charge in [-0.2, -0.15) is 0 Å². The fourth-order valence-corrected chi connectivity index (χ4v) is 3.81. The number of aliphatic imine (C=N–C) groups is 1. The van der Waals surface area contributed by atoms with Crippen LogP contribution >= 0.6 is 0 Å². The monoisotopic (exact) mass is 385 g/mol. The van der Waals surface area contributed by atoms with Crippen molar-refractivity contribution in [1.82, 2.24) is 15.1 Å². The van der Waals surface area contributed by atoms with Crippen LogP contribution in [-0.4, -0.2) is 73.4 Å². The van der Waals surface area contributed by atoms with E-state index in [0.717, 1.165) is 63.8 Å². The van der Waals surface area contributed by atoms with E-state index in [9.17, 15) is 9.59 Å². The summed E-state index contributed by atoms with van der Waals surface area (Å²) in [6, 6.07) is 8.15. The average molecular weight is 386 g/mol. The molecule has 0 saturated carbocycles. The Balaban J connectivity index is 1.48. The SMILES string of the molecule is CCNC(=NCCCC(=O)N1CCc2ccccc21)N1CCN(C(C)=O)CC1. The molecule has 1 aromatic carbocycles. The number of rotatable bonds is 5. The van der Waals surface area contributed by atoms with Crippen LogP contribution in [-0.2, 0) is 16.0 Å². The van der Waals surface area contributed by atoms with Gasteiger partial charge in [0, 0.05) is 64.8 Å². The largest absolute Gasteiger partial charge is 0.357 e. The zero-order chi connectivity index (χ0) is 19.9. The van der Waals surface area contributed by atoms with Crippen LogP contribution in [0.5, 0.6) is 0 Å². The zero-order valence-corrected chi connectivity index (χ0v) is 17.0. The third kappa shape index (κ3) is 4.82. The van der Waals surface area contributed by atoms with E-state index in [0.29, 0.717) is 13.0 Å². The Labute approximate surface area is 167 Å². The first kappa shape index (κ1) is 20.2. The summed E-state index contributed by atoms with van der Waals surface area (Å²) in [6.45, 7) is 8.90. The van der Waals surface area contributed by atoms with Gasteiger partial charge in [-0.25, -0.2) is 0 Å². The lowest BCUT2D eigenvalue weighted by Gasteiger charge is -2.36. The highest BCUT2D eigenvalue weighted by atomic mass is 16.2. The molecule has 0 aromatic heterocycles. The summed E-state index contributed by atoms with van der Waals surface area (Å²) in [7, 11) is 0. The van der Waals surface area contributed by atoms with Crippen LogP contribution in [0.4, 0.5) is 5.69 Å². The van der Waals surface area contributed by atoms with Gasteiger partial charge in [0.15, 0.2) is 5.96 Å². The van der Waals surface area contributed by atoms with E-state index in [2.05, 4.69) is 23.2 Å². The standard InChI is InChI=1S/C21H31N5O2/c1-3-22-21(25-15-13-24(14-16-25)17(2)27)23-11-6-9-20(28)26-12-10-18-7-4-5-8-19(18)26/h4-5,7-8H,3,6,9-16H2,1-2H3,(H,22,23). The number of piperazine rings is 1. The Hall–Kier alpha value is -2.57. The van der Waals surface area contributed by atoms with Crippen LogP contribution in [0.25, 0.3) is 0 Å². The minimum absolute atomic E-state index is 0.128. The number of carbonyl (C=O) groups excluding carboxylic acids is 2. The van der Waals surface area contributed by atoms with E-state index in [-0.39, 0.29) is 11.8 Å². The lowest BCUT2D eigenvalue weighted by Crippen LogP contribution is -2.53. The number of benzene rings is 1. The summed E-state index contributed by atoms with van der Waals surface area (Å²) in [4.78, 5) is 34.8. The van der Waals surface area contributed by atoms with Gasteiger partial charge in [-0.3, -0.25) is 14.6 Å². The number of amides is 2. The second-order valence-corrected chi connectivity index (χ2v) is 7.26. The minimum Gasteiger partial charge on any atom is -0.357 e. The quantitative estimate of drug-likeness (QED) is 0.474. The van der Waals surface area contributed by atoms with Crippen LogP contribution in [0, 0.1) is 0 Å². The summed E-state index contributed by atoms with van der Waals surface area (Å²) >= 11 is 0. The van der Waals surface area contributed by atoms with Crippen LogP contribution in [0.15, 0.2) is 29.3 Å². The highest BCUT2D eigenvalue weighted by Gasteiger charge is 2.24. The first-order valence-electron chi connectivity index (χ1n) is 10.3. The van der Waals surface area contributed by atoms with Gasteiger partial charge < -0.3 is 20.0 Å². The van der Waals surface area contributed by atoms with E-state index in [1.165, 1.54) is 5.56 Å². The highest BCUT2D eigenvalue weighted by molar-refractivity contribution is 5.95. The van der Waals surface area contributed by atoms with Crippen LogP contribution in [0.1, 0.15) is 32.3 Å². The molecular weight excluding hydrogens is 354 g/mol. The molecule has 7 heteroatoms. The van der Waals surface area contributed by atoms with E-state index in [1.807, 2.05) is 28.0 Å². The van der Waals surface area contributed by atoms with Crippen LogP contribution in [0.3, 0.4) is 0 Å². The number of hydrogen-bond acceptors (Lipinski definition) is 3. The molecule has 0 aliphatic carbocycles. The lowest BCUT2D eigenvalue weighted by molar-refractivity contribution is -0.130. The number of anilines is 1. The molecule has 3 rings (SSSR count). The number of nitrogens with one attached hydrogen (secondary N) is 1. The predicted molar refractivity (Wildman–Crippen MR) is 112 cm³/mol. The molecule has 2 aliphatic heterocycles. The smallest absolute Gasteiger partial charge is 0.227 e. The molecule has 7 nitrogen and oxygen atoms in total. The zero-order valence-electron chi connectivity index (χ0n) is 17.0.